The van der Waals surface area contributed by atoms with Gasteiger partial charge >= 0.3 is 17.9 Å². The zero-order chi connectivity index (χ0) is 41.5. The van der Waals surface area contributed by atoms with Crippen molar-refractivity contribution in [2.75, 3.05) is 13.2 Å². The molecule has 0 rings (SSSR count). The van der Waals surface area contributed by atoms with E-state index in [-0.39, 0.29) is 31.1 Å². The van der Waals surface area contributed by atoms with Crippen LogP contribution in [-0.4, -0.2) is 37.2 Å². The maximum absolute atomic E-state index is 12.7. The monoisotopic (exact) mass is 799 g/mol. The van der Waals surface area contributed by atoms with Crippen LogP contribution in [0.5, 0.6) is 0 Å². The molecule has 0 heterocycles. The summed E-state index contributed by atoms with van der Waals surface area (Å²) in [7, 11) is 0. The van der Waals surface area contributed by atoms with Gasteiger partial charge in [-0.1, -0.05) is 198 Å². The van der Waals surface area contributed by atoms with Crippen molar-refractivity contribution in [3.05, 3.63) is 48.6 Å². The van der Waals surface area contributed by atoms with E-state index in [0.29, 0.717) is 19.3 Å². The highest BCUT2D eigenvalue weighted by Gasteiger charge is 2.19. The summed E-state index contributed by atoms with van der Waals surface area (Å²) in [6.45, 7) is 6.41. The summed E-state index contributed by atoms with van der Waals surface area (Å²) in [6.07, 6.45) is 53.8. The zero-order valence-corrected chi connectivity index (χ0v) is 37.6. The lowest BCUT2D eigenvalue weighted by Crippen LogP contribution is -2.30. The molecule has 1 unspecified atom stereocenters. The first-order chi connectivity index (χ1) is 28.0. The van der Waals surface area contributed by atoms with Gasteiger partial charge in [-0.3, -0.25) is 14.4 Å². The Balaban J connectivity index is 4.38. The van der Waals surface area contributed by atoms with Gasteiger partial charge < -0.3 is 14.2 Å². The van der Waals surface area contributed by atoms with Gasteiger partial charge in [-0.05, 0) is 70.6 Å². The van der Waals surface area contributed by atoms with E-state index in [4.69, 9.17) is 14.2 Å². The fourth-order valence-corrected chi connectivity index (χ4v) is 6.75. The third kappa shape index (κ3) is 44.3. The quantitative estimate of drug-likeness (QED) is 0.0265. The highest BCUT2D eigenvalue weighted by Crippen LogP contribution is 2.15. The van der Waals surface area contributed by atoms with Crippen LogP contribution >= 0.6 is 0 Å². The van der Waals surface area contributed by atoms with E-state index in [1.54, 1.807) is 0 Å². The minimum atomic E-state index is -0.777. The summed E-state index contributed by atoms with van der Waals surface area (Å²) in [6, 6.07) is 0. The number of hydrogen-bond acceptors (Lipinski definition) is 6. The first kappa shape index (κ1) is 54.4. The number of unbranched alkanes of at least 4 members (excludes halogenated alkanes) is 24. The lowest BCUT2D eigenvalue weighted by atomic mass is 10.0. The lowest BCUT2D eigenvalue weighted by Gasteiger charge is -2.18. The lowest BCUT2D eigenvalue weighted by molar-refractivity contribution is -0.167. The van der Waals surface area contributed by atoms with Gasteiger partial charge in [0.05, 0.1) is 0 Å². The van der Waals surface area contributed by atoms with E-state index in [0.717, 1.165) is 103 Å². The van der Waals surface area contributed by atoms with Crippen LogP contribution in [0.25, 0.3) is 0 Å². The van der Waals surface area contributed by atoms with Crippen LogP contribution in [0.3, 0.4) is 0 Å². The topological polar surface area (TPSA) is 78.9 Å². The van der Waals surface area contributed by atoms with Gasteiger partial charge in [0.2, 0.25) is 0 Å². The SMILES string of the molecule is CC/C=C\C/C=C\CCCCCCCCCC(=O)OCC(COC(=O)CCCCCCC/C=C\C/C=C\CC)OC(=O)CCCCCCCCCCCCCCC. The third-order valence-electron chi connectivity index (χ3n) is 10.3. The maximum Gasteiger partial charge on any atom is 0.306 e. The second-order valence-corrected chi connectivity index (χ2v) is 16.0. The molecule has 0 aliphatic heterocycles. The Labute approximate surface area is 352 Å². The molecule has 0 saturated heterocycles. The Morgan fingerprint density at radius 1 is 0.368 bits per heavy atom. The van der Waals surface area contributed by atoms with E-state index in [2.05, 4.69) is 69.4 Å². The summed E-state index contributed by atoms with van der Waals surface area (Å²) < 4.78 is 16.7. The standard InChI is InChI=1S/C51H90O6/c1-4-7-10-13-16-19-22-25-27-29-32-35-38-41-44-50(53)56-47-48(46-55-49(52)43-40-37-34-31-28-24-21-18-15-12-9-6-3)57-51(54)45-42-39-36-33-30-26-23-20-17-14-11-8-5-2/h7,9-10,12,16,18-19,21,48H,4-6,8,11,13-15,17,20,22-47H2,1-3H3/b10-7-,12-9-,19-16-,21-18-. The number of allylic oxidation sites excluding steroid dienone is 8. The minimum absolute atomic E-state index is 0.0802. The van der Waals surface area contributed by atoms with Crippen molar-refractivity contribution >= 4 is 17.9 Å². The van der Waals surface area contributed by atoms with Gasteiger partial charge in [-0.2, -0.15) is 0 Å². The Morgan fingerprint density at radius 3 is 1.05 bits per heavy atom. The summed E-state index contributed by atoms with van der Waals surface area (Å²) in [4.78, 5) is 37.8. The Morgan fingerprint density at radius 2 is 0.684 bits per heavy atom. The van der Waals surface area contributed by atoms with E-state index in [1.807, 2.05) is 0 Å². The van der Waals surface area contributed by atoms with Gasteiger partial charge in [-0.25, -0.2) is 0 Å². The van der Waals surface area contributed by atoms with Crippen molar-refractivity contribution in [3.8, 4) is 0 Å². The molecule has 0 saturated carbocycles. The summed E-state index contributed by atoms with van der Waals surface area (Å²) in [5.74, 6) is -0.899. The first-order valence-electron chi connectivity index (χ1n) is 24.1. The number of carbonyl (C=O) groups is 3. The first-order valence-corrected chi connectivity index (χ1v) is 24.1. The van der Waals surface area contributed by atoms with Crippen LogP contribution in [-0.2, 0) is 28.6 Å². The molecule has 0 amide bonds. The average molecular weight is 799 g/mol. The molecular weight excluding hydrogens is 709 g/mol. The van der Waals surface area contributed by atoms with Gasteiger partial charge in [-0.15, -0.1) is 0 Å². The molecule has 0 aromatic carbocycles. The fraction of sp³-hybridized carbons (Fsp3) is 0.784. The number of carbonyl (C=O) groups excluding carboxylic acids is 3. The van der Waals surface area contributed by atoms with Crippen LogP contribution in [0.15, 0.2) is 48.6 Å². The molecule has 0 aliphatic rings. The molecular formula is C51H90O6. The van der Waals surface area contributed by atoms with Gasteiger partial charge in [0.25, 0.3) is 0 Å². The Kier molecular flexibility index (Phi) is 43.9. The summed E-state index contributed by atoms with van der Waals surface area (Å²) in [5, 5.41) is 0. The second kappa shape index (κ2) is 46.1. The fourth-order valence-electron chi connectivity index (χ4n) is 6.75. The van der Waals surface area contributed by atoms with Crippen molar-refractivity contribution < 1.29 is 28.6 Å². The third-order valence-corrected chi connectivity index (χ3v) is 10.3. The van der Waals surface area contributed by atoms with Crippen molar-refractivity contribution in [1.82, 2.24) is 0 Å². The normalized spacial score (nSPS) is 12.4. The van der Waals surface area contributed by atoms with E-state index >= 15 is 0 Å². The van der Waals surface area contributed by atoms with Crippen molar-refractivity contribution in [3.63, 3.8) is 0 Å². The predicted molar refractivity (Wildman–Crippen MR) is 242 cm³/mol. The van der Waals surface area contributed by atoms with Crippen LogP contribution in [0.4, 0.5) is 0 Å². The molecule has 0 spiro atoms. The van der Waals surface area contributed by atoms with Gasteiger partial charge in [0.15, 0.2) is 6.10 Å². The Bertz CT molecular complexity index is 1010. The molecule has 0 aromatic rings. The molecule has 330 valence electrons. The minimum Gasteiger partial charge on any atom is -0.462 e. The zero-order valence-electron chi connectivity index (χ0n) is 37.6. The molecule has 6 nitrogen and oxygen atoms in total. The number of esters is 3. The highest BCUT2D eigenvalue weighted by molar-refractivity contribution is 5.71. The van der Waals surface area contributed by atoms with Crippen molar-refractivity contribution in [1.29, 1.82) is 0 Å². The average Bonchev–Trinajstić information content (AvgIpc) is 3.21. The van der Waals surface area contributed by atoms with Gasteiger partial charge in [0, 0.05) is 19.3 Å². The molecule has 57 heavy (non-hydrogen) atoms. The molecule has 0 fully saturated rings. The summed E-state index contributed by atoms with van der Waals surface area (Å²) >= 11 is 0. The predicted octanol–water partition coefficient (Wildman–Crippen LogP) is 15.5. The van der Waals surface area contributed by atoms with Crippen LogP contribution in [0.1, 0.15) is 239 Å². The molecule has 0 N–H and O–H groups in total. The molecule has 6 heteroatoms. The molecule has 1 atom stereocenters. The molecule has 0 aliphatic carbocycles. The molecule has 0 radical (unpaired) electrons. The van der Waals surface area contributed by atoms with Gasteiger partial charge in [0.1, 0.15) is 13.2 Å². The Hall–Kier alpha value is -2.63. The van der Waals surface area contributed by atoms with Crippen molar-refractivity contribution in [2.45, 2.75) is 245 Å². The largest absolute Gasteiger partial charge is 0.462 e. The van der Waals surface area contributed by atoms with Crippen LogP contribution in [0, 0.1) is 0 Å². The molecule has 0 aromatic heterocycles. The number of rotatable bonds is 43. The van der Waals surface area contributed by atoms with Crippen LogP contribution < -0.4 is 0 Å². The van der Waals surface area contributed by atoms with E-state index in [9.17, 15) is 14.4 Å². The van der Waals surface area contributed by atoms with E-state index < -0.39 is 6.10 Å². The highest BCUT2D eigenvalue weighted by atomic mass is 16.6. The second-order valence-electron chi connectivity index (χ2n) is 16.0. The smallest absolute Gasteiger partial charge is 0.306 e. The molecule has 0 bridgehead atoms. The van der Waals surface area contributed by atoms with Crippen molar-refractivity contribution in [2.24, 2.45) is 0 Å². The van der Waals surface area contributed by atoms with Crippen LogP contribution in [0.2, 0.25) is 0 Å². The number of hydrogen-bond donors (Lipinski definition) is 0. The number of ether oxygens (including phenoxy) is 3. The maximum atomic E-state index is 12.7. The summed E-state index contributed by atoms with van der Waals surface area (Å²) in [5.41, 5.74) is 0. The van der Waals surface area contributed by atoms with E-state index in [1.165, 1.54) is 96.3 Å².